The van der Waals surface area contributed by atoms with Crippen LogP contribution >= 0.6 is 0 Å². The van der Waals surface area contributed by atoms with Gasteiger partial charge in [0.2, 0.25) is 0 Å². The van der Waals surface area contributed by atoms with Crippen LogP contribution < -0.4 is 4.74 Å². The summed E-state index contributed by atoms with van der Waals surface area (Å²) >= 11 is 0. The first-order valence-electron chi connectivity index (χ1n) is 15.2. The molecule has 3 nitrogen and oxygen atoms in total. The molecule has 45 heavy (non-hydrogen) atoms. The fourth-order valence-corrected chi connectivity index (χ4v) is 6.56. The molecule has 1 aliphatic heterocycles. The summed E-state index contributed by atoms with van der Waals surface area (Å²) in [4.78, 5) is 10.3. The van der Waals surface area contributed by atoms with Crippen molar-refractivity contribution in [3.63, 3.8) is 0 Å². The van der Waals surface area contributed by atoms with E-state index in [0.29, 0.717) is 5.82 Å². The molecule has 1 aliphatic rings. The summed E-state index contributed by atoms with van der Waals surface area (Å²) in [5, 5.41) is 4.66. The lowest BCUT2D eigenvalue weighted by Crippen LogP contribution is -1.99. The second-order valence-corrected chi connectivity index (χ2v) is 11.4. The van der Waals surface area contributed by atoms with Gasteiger partial charge in [-0.2, -0.15) is 0 Å². The normalized spacial score (nSPS) is 11.7. The minimum Gasteiger partial charge on any atom is -0.456 e. The molecule has 0 spiro atoms. The molecule has 7 aromatic carbocycles. The van der Waals surface area contributed by atoms with Gasteiger partial charge in [-0.1, -0.05) is 127 Å². The summed E-state index contributed by atoms with van der Waals surface area (Å²) in [6, 6.07) is 54.9. The van der Waals surface area contributed by atoms with Crippen molar-refractivity contribution in [1.82, 2.24) is 9.97 Å². The van der Waals surface area contributed by atoms with Gasteiger partial charge in [0.1, 0.15) is 11.5 Å². The van der Waals surface area contributed by atoms with E-state index in [-0.39, 0.29) is 0 Å². The van der Waals surface area contributed by atoms with E-state index in [1.54, 1.807) is 0 Å². The maximum absolute atomic E-state index is 6.39. The summed E-state index contributed by atoms with van der Waals surface area (Å²) in [6.45, 7) is 0. The highest BCUT2D eigenvalue weighted by Gasteiger charge is 2.21. The minimum absolute atomic E-state index is 0.695. The Balaban J connectivity index is 1.25. The van der Waals surface area contributed by atoms with E-state index >= 15 is 0 Å². The molecule has 1 aromatic heterocycles. The van der Waals surface area contributed by atoms with Crippen molar-refractivity contribution in [2.75, 3.05) is 0 Å². The zero-order valence-corrected chi connectivity index (χ0v) is 24.3. The lowest BCUT2D eigenvalue weighted by molar-refractivity contribution is 0.487. The molecule has 2 heterocycles. The van der Waals surface area contributed by atoms with E-state index in [1.807, 2.05) is 30.3 Å². The summed E-state index contributed by atoms with van der Waals surface area (Å²) in [5.74, 6) is 2.44. The molecule has 3 heteroatoms. The van der Waals surface area contributed by atoms with Crippen LogP contribution in [0.25, 0.3) is 77.7 Å². The van der Waals surface area contributed by atoms with Crippen LogP contribution in [0.5, 0.6) is 11.5 Å². The number of aromatic nitrogens is 2. The molecule has 0 bridgehead atoms. The van der Waals surface area contributed by atoms with Crippen molar-refractivity contribution in [2.24, 2.45) is 0 Å². The number of fused-ring (bicyclic) bond motifs is 3. The number of nitrogens with zero attached hydrogens (tertiary/aromatic N) is 2. The second-order valence-electron chi connectivity index (χ2n) is 11.4. The van der Waals surface area contributed by atoms with Crippen LogP contribution in [-0.4, -0.2) is 9.97 Å². The van der Waals surface area contributed by atoms with E-state index < -0.39 is 0 Å². The first-order valence-corrected chi connectivity index (χ1v) is 15.2. The summed E-state index contributed by atoms with van der Waals surface area (Å²) in [5.41, 5.74) is 9.46. The Bertz CT molecular complexity index is 2390. The lowest BCUT2D eigenvalue weighted by atomic mass is 9.92. The summed E-state index contributed by atoms with van der Waals surface area (Å²) in [6.07, 6.45) is 0. The second kappa shape index (κ2) is 10.3. The van der Waals surface area contributed by atoms with Crippen molar-refractivity contribution in [1.29, 1.82) is 0 Å². The Morgan fingerprint density at radius 3 is 1.84 bits per heavy atom. The largest absolute Gasteiger partial charge is 0.456 e. The van der Waals surface area contributed by atoms with E-state index in [0.717, 1.165) is 55.9 Å². The monoisotopic (exact) mass is 574 g/mol. The van der Waals surface area contributed by atoms with Crippen LogP contribution in [0.15, 0.2) is 158 Å². The predicted octanol–water partition coefficient (Wildman–Crippen LogP) is 11.2. The molecule has 0 amide bonds. The van der Waals surface area contributed by atoms with Crippen LogP contribution in [0.4, 0.5) is 0 Å². The molecule has 210 valence electrons. The lowest BCUT2D eigenvalue weighted by Gasteiger charge is -2.22. The molecule has 0 aliphatic carbocycles. The van der Waals surface area contributed by atoms with Crippen LogP contribution in [-0.2, 0) is 0 Å². The molecule has 0 radical (unpaired) electrons. The molecule has 0 N–H and O–H groups in total. The maximum Gasteiger partial charge on any atom is 0.160 e. The Kier molecular flexibility index (Phi) is 5.82. The number of benzene rings is 7. The van der Waals surface area contributed by atoms with Gasteiger partial charge in [0.05, 0.1) is 11.4 Å². The third kappa shape index (κ3) is 4.29. The molecule has 9 rings (SSSR count). The van der Waals surface area contributed by atoms with Gasteiger partial charge in [-0.25, -0.2) is 9.97 Å². The van der Waals surface area contributed by atoms with Gasteiger partial charge in [-0.15, -0.1) is 0 Å². The molecule has 0 atom stereocenters. The summed E-state index contributed by atoms with van der Waals surface area (Å²) in [7, 11) is 0. The maximum atomic E-state index is 6.39. The van der Waals surface area contributed by atoms with Gasteiger partial charge in [0.15, 0.2) is 5.82 Å². The van der Waals surface area contributed by atoms with Gasteiger partial charge < -0.3 is 4.74 Å². The van der Waals surface area contributed by atoms with Crippen molar-refractivity contribution < 1.29 is 4.74 Å². The van der Waals surface area contributed by atoms with Gasteiger partial charge in [0.25, 0.3) is 0 Å². The quantitative estimate of drug-likeness (QED) is 0.210. The number of hydrogen-bond donors (Lipinski definition) is 0. The highest BCUT2D eigenvalue weighted by molar-refractivity contribution is 6.06. The fourth-order valence-electron chi connectivity index (χ4n) is 6.56. The van der Waals surface area contributed by atoms with Crippen molar-refractivity contribution in [2.45, 2.75) is 0 Å². The van der Waals surface area contributed by atoms with Crippen molar-refractivity contribution in [3.05, 3.63) is 158 Å². The van der Waals surface area contributed by atoms with Gasteiger partial charge >= 0.3 is 0 Å². The molecule has 0 saturated carbocycles. The number of ether oxygens (including phenoxy) is 1. The van der Waals surface area contributed by atoms with Crippen LogP contribution in [0.1, 0.15) is 0 Å². The van der Waals surface area contributed by atoms with E-state index in [2.05, 4.69) is 127 Å². The van der Waals surface area contributed by atoms with Gasteiger partial charge in [0, 0.05) is 27.6 Å². The Morgan fingerprint density at radius 1 is 0.378 bits per heavy atom. The van der Waals surface area contributed by atoms with E-state index in [4.69, 9.17) is 14.7 Å². The molecular formula is C42H26N2O. The van der Waals surface area contributed by atoms with Crippen LogP contribution in [0, 0.1) is 0 Å². The third-order valence-corrected chi connectivity index (χ3v) is 8.69. The Morgan fingerprint density at radius 2 is 1.04 bits per heavy atom. The molecule has 0 unspecified atom stereocenters. The third-order valence-electron chi connectivity index (χ3n) is 8.69. The Hall–Kier alpha value is -6.06. The van der Waals surface area contributed by atoms with Gasteiger partial charge in [-0.05, 0) is 63.2 Å². The minimum atomic E-state index is 0.695. The molecule has 8 aromatic rings. The average molecular weight is 575 g/mol. The SMILES string of the molecule is c1ccc(-c2nc(-c3ccc4c(c3)-c3cccc5cccc(c35)O4)cc(-c3ccc(-c4ccccc4)c4ccccc34)n2)cc1. The predicted molar refractivity (Wildman–Crippen MR) is 184 cm³/mol. The number of rotatable bonds is 4. The van der Waals surface area contributed by atoms with Crippen molar-refractivity contribution >= 4 is 21.5 Å². The van der Waals surface area contributed by atoms with E-state index in [1.165, 1.54) is 27.5 Å². The summed E-state index contributed by atoms with van der Waals surface area (Å²) < 4.78 is 6.39. The highest BCUT2D eigenvalue weighted by atomic mass is 16.5. The molecule has 0 saturated heterocycles. The Labute approximate surface area is 261 Å². The van der Waals surface area contributed by atoms with Crippen LogP contribution in [0.2, 0.25) is 0 Å². The highest BCUT2D eigenvalue weighted by Crippen LogP contribution is 2.47. The van der Waals surface area contributed by atoms with Crippen molar-refractivity contribution in [3.8, 4) is 67.7 Å². The van der Waals surface area contributed by atoms with E-state index in [9.17, 15) is 0 Å². The number of hydrogen-bond acceptors (Lipinski definition) is 3. The molecule has 0 fully saturated rings. The fraction of sp³-hybridized carbons (Fsp3) is 0. The van der Waals surface area contributed by atoms with Gasteiger partial charge in [-0.3, -0.25) is 0 Å². The first kappa shape index (κ1) is 25.4. The average Bonchev–Trinajstić information content (AvgIpc) is 3.12. The molecular weight excluding hydrogens is 548 g/mol. The zero-order valence-electron chi connectivity index (χ0n) is 24.3. The first-order chi connectivity index (χ1) is 22.3. The standard InChI is InChI=1S/C42H26N2O/c1-3-11-27(12-4-1)31-22-23-34(33-18-8-7-17-32(31)33)38-26-37(43-42(44-38)29-13-5-2-6-14-29)30-21-24-39-36(25-30)35-19-9-15-28-16-10-20-40(45-39)41(28)35/h1-26H. The topological polar surface area (TPSA) is 35.0 Å². The smallest absolute Gasteiger partial charge is 0.160 e. The zero-order chi connectivity index (χ0) is 29.7. The van der Waals surface area contributed by atoms with Crippen LogP contribution in [0.3, 0.4) is 0 Å².